The third-order valence-corrected chi connectivity index (χ3v) is 15.1. The van der Waals surface area contributed by atoms with Gasteiger partial charge in [-0.05, 0) is 135 Å². The number of benzene rings is 1. The Hall–Kier alpha value is -2.20. The minimum absolute atomic E-state index is 0.0269. The van der Waals surface area contributed by atoms with Crippen molar-refractivity contribution in [1.29, 1.82) is 0 Å². The predicted octanol–water partition coefficient (Wildman–Crippen LogP) is 4.91. The van der Waals surface area contributed by atoms with E-state index in [4.69, 9.17) is 4.74 Å². The molecule has 0 bridgehead atoms. The Morgan fingerprint density at radius 1 is 0.804 bits per heavy atom. The number of ether oxygens (including phenoxy) is 1. The van der Waals surface area contributed by atoms with E-state index in [-0.39, 0.29) is 52.4 Å². The van der Waals surface area contributed by atoms with Crippen molar-refractivity contribution in [3.8, 4) is 5.75 Å². The van der Waals surface area contributed by atoms with E-state index in [0.717, 1.165) is 6.42 Å². The van der Waals surface area contributed by atoms with Gasteiger partial charge in [-0.2, -0.15) is 0 Å². The fourth-order valence-corrected chi connectivity index (χ4v) is 12.6. The number of hydrogen-bond acceptors (Lipinski definition) is 8. The summed E-state index contributed by atoms with van der Waals surface area (Å²) in [6, 6.07) is 5.76. The first-order chi connectivity index (χ1) is 21.4. The number of aliphatic hydroxyl groups is 4. The number of rotatable bonds is 4. The first-order valence-electron chi connectivity index (χ1n) is 17.3. The number of carbonyl (C=O) groups excluding carboxylic acids is 1. The second kappa shape index (κ2) is 10.9. The van der Waals surface area contributed by atoms with Gasteiger partial charge < -0.3 is 35.4 Å². The molecule has 0 amide bonds. The Labute approximate surface area is 272 Å². The second-order valence-corrected chi connectivity index (χ2v) is 17.2. The second-order valence-electron chi connectivity index (χ2n) is 17.2. The number of carbonyl (C=O) groups is 2. The standard InChI is InChI=1S/C37H54O9/c1-32-15-12-24-33(2,17-14-29(36(24,5)31(43)44)46-30(42)21-6-8-22(39)9-7-21)23(32)10-11-25-34(3)16-13-27(40)35(4,20-38)26(34)18-28(41)37(25,45)19-32/h6-9,23-29,38-41,45H,10-20H2,1-5H3,(H,43,44)/t23-,24+,25+,26+,27+,28-,29-,32-,33+,34+,35+,36+,37+/m0/s1. The number of phenols is 1. The topological polar surface area (TPSA) is 165 Å². The van der Waals surface area contributed by atoms with Gasteiger partial charge in [-0.15, -0.1) is 0 Å². The van der Waals surface area contributed by atoms with Gasteiger partial charge in [0.1, 0.15) is 17.3 Å². The quantitative estimate of drug-likeness (QED) is 0.250. The fraction of sp³-hybridized carbons (Fsp3) is 0.784. The SMILES string of the molecule is C[C@@]12CC[C@@H]3[C@](C)(CC[C@H](OC(=O)c4ccc(O)cc4)[C@]3(C)C(=O)O)[C@H]1CC[C@@H]1[C@@]3(C)CC[C@@H](O)[C@](C)(CO)[C@@H]3C[C@H](O)[C@@]1(O)C2. The Morgan fingerprint density at radius 2 is 1.41 bits per heavy atom. The minimum atomic E-state index is -1.33. The van der Waals surface area contributed by atoms with Gasteiger partial charge in [-0.25, -0.2) is 4.79 Å². The molecule has 5 aliphatic carbocycles. The summed E-state index contributed by atoms with van der Waals surface area (Å²) < 4.78 is 5.98. The summed E-state index contributed by atoms with van der Waals surface area (Å²) in [5, 5.41) is 66.4. The average molecular weight is 643 g/mol. The molecule has 46 heavy (non-hydrogen) atoms. The summed E-state index contributed by atoms with van der Waals surface area (Å²) >= 11 is 0. The van der Waals surface area contributed by atoms with Crippen LogP contribution in [0.3, 0.4) is 0 Å². The van der Waals surface area contributed by atoms with Gasteiger partial charge in [0.15, 0.2) is 0 Å². The van der Waals surface area contributed by atoms with Crippen LogP contribution in [-0.4, -0.2) is 73.1 Å². The molecule has 0 spiro atoms. The van der Waals surface area contributed by atoms with Crippen LogP contribution in [0.2, 0.25) is 0 Å². The highest BCUT2D eigenvalue weighted by atomic mass is 16.5. The van der Waals surface area contributed by atoms with Crippen LogP contribution < -0.4 is 0 Å². The Bertz CT molecular complexity index is 1360. The monoisotopic (exact) mass is 642 g/mol. The zero-order valence-electron chi connectivity index (χ0n) is 28.0. The normalized spacial score (nSPS) is 50.2. The van der Waals surface area contributed by atoms with E-state index < -0.39 is 52.1 Å². The lowest BCUT2D eigenvalue weighted by Crippen LogP contribution is -2.68. The average Bonchev–Trinajstić information content (AvgIpc) is 3.13. The molecule has 0 heterocycles. The molecule has 0 radical (unpaired) electrons. The molecule has 13 atom stereocenters. The number of hydrogen-bond donors (Lipinski definition) is 6. The van der Waals surface area contributed by atoms with E-state index in [0.29, 0.717) is 57.8 Å². The van der Waals surface area contributed by atoms with E-state index >= 15 is 0 Å². The highest BCUT2D eigenvalue weighted by molar-refractivity contribution is 5.90. The van der Waals surface area contributed by atoms with Crippen LogP contribution in [0.15, 0.2) is 24.3 Å². The van der Waals surface area contributed by atoms with Crippen LogP contribution in [0.5, 0.6) is 5.75 Å². The molecule has 6 rings (SSSR count). The number of aliphatic hydroxyl groups excluding tert-OH is 3. The summed E-state index contributed by atoms with van der Waals surface area (Å²) in [6.07, 6.45) is 3.31. The van der Waals surface area contributed by atoms with Crippen molar-refractivity contribution in [2.75, 3.05) is 6.61 Å². The summed E-state index contributed by atoms with van der Waals surface area (Å²) in [6.45, 7) is 10.1. The van der Waals surface area contributed by atoms with Crippen molar-refractivity contribution in [3.63, 3.8) is 0 Å². The number of aliphatic carboxylic acids is 1. The molecular formula is C37H54O9. The van der Waals surface area contributed by atoms with Gasteiger partial charge in [-0.3, -0.25) is 4.79 Å². The van der Waals surface area contributed by atoms with Crippen molar-refractivity contribution in [1.82, 2.24) is 0 Å². The van der Waals surface area contributed by atoms with E-state index in [1.54, 1.807) is 6.92 Å². The number of esters is 1. The number of phenolic OH excluding ortho intramolecular Hbond substituents is 1. The molecule has 1 aromatic carbocycles. The van der Waals surface area contributed by atoms with E-state index in [1.165, 1.54) is 24.3 Å². The highest BCUT2D eigenvalue weighted by Crippen LogP contribution is 2.72. The minimum Gasteiger partial charge on any atom is -0.508 e. The zero-order valence-corrected chi connectivity index (χ0v) is 28.0. The zero-order chi connectivity index (χ0) is 33.7. The van der Waals surface area contributed by atoms with Crippen molar-refractivity contribution in [3.05, 3.63) is 29.8 Å². The molecule has 0 aliphatic heterocycles. The first kappa shape index (κ1) is 33.7. The molecule has 6 N–H and O–H groups in total. The van der Waals surface area contributed by atoms with Gasteiger partial charge in [0.2, 0.25) is 0 Å². The lowest BCUT2D eigenvalue weighted by Gasteiger charge is -2.65. The van der Waals surface area contributed by atoms with Crippen molar-refractivity contribution in [2.24, 2.45) is 50.7 Å². The van der Waals surface area contributed by atoms with Crippen LogP contribution in [0.1, 0.15) is 109 Å². The van der Waals surface area contributed by atoms with E-state index in [9.17, 15) is 40.2 Å². The third kappa shape index (κ3) is 4.54. The van der Waals surface area contributed by atoms with Gasteiger partial charge in [0.05, 0.1) is 30.0 Å². The molecule has 1 aromatic rings. The predicted molar refractivity (Wildman–Crippen MR) is 170 cm³/mol. The molecular weight excluding hydrogens is 588 g/mol. The molecule has 256 valence electrons. The van der Waals surface area contributed by atoms with Gasteiger partial charge >= 0.3 is 11.9 Å². The van der Waals surface area contributed by atoms with Crippen molar-refractivity contribution in [2.45, 2.75) is 123 Å². The maximum absolute atomic E-state index is 13.2. The largest absolute Gasteiger partial charge is 0.508 e. The Kier molecular flexibility index (Phi) is 7.99. The molecule has 0 saturated heterocycles. The van der Waals surface area contributed by atoms with Gasteiger partial charge in [-0.1, -0.05) is 27.7 Å². The van der Waals surface area contributed by atoms with Crippen LogP contribution >= 0.6 is 0 Å². The molecule has 9 heteroatoms. The number of fused-ring (bicyclic) bond motifs is 6. The summed E-state index contributed by atoms with van der Waals surface area (Å²) in [5.41, 5.74) is -4.30. The van der Waals surface area contributed by atoms with Gasteiger partial charge in [0, 0.05) is 5.41 Å². The molecule has 0 aromatic heterocycles. The first-order valence-corrected chi connectivity index (χ1v) is 17.3. The van der Waals surface area contributed by atoms with Crippen LogP contribution in [0.25, 0.3) is 0 Å². The third-order valence-electron chi connectivity index (χ3n) is 15.1. The lowest BCUT2D eigenvalue weighted by atomic mass is 9.41. The van der Waals surface area contributed by atoms with Crippen LogP contribution in [0, 0.1) is 50.7 Å². The number of carboxylic acids is 1. The van der Waals surface area contributed by atoms with Crippen molar-refractivity contribution >= 4 is 11.9 Å². The summed E-state index contributed by atoms with van der Waals surface area (Å²) in [5.74, 6) is -2.14. The maximum Gasteiger partial charge on any atom is 0.338 e. The van der Waals surface area contributed by atoms with E-state index in [1.807, 2.05) is 6.92 Å². The Balaban J connectivity index is 1.33. The molecule has 5 aliphatic rings. The van der Waals surface area contributed by atoms with Gasteiger partial charge in [0.25, 0.3) is 0 Å². The van der Waals surface area contributed by atoms with E-state index in [2.05, 4.69) is 20.8 Å². The maximum atomic E-state index is 13.2. The van der Waals surface area contributed by atoms with Crippen LogP contribution in [-0.2, 0) is 9.53 Å². The molecule has 5 fully saturated rings. The lowest BCUT2D eigenvalue weighted by molar-refractivity contribution is -0.259. The molecule has 0 unspecified atom stereocenters. The molecule has 9 nitrogen and oxygen atoms in total. The molecule has 5 saturated carbocycles. The van der Waals surface area contributed by atoms with Crippen molar-refractivity contribution < 1.29 is 45.0 Å². The number of carboxylic acid groups (broad SMARTS) is 1. The fourth-order valence-electron chi connectivity index (χ4n) is 12.6. The number of aromatic hydroxyl groups is 1. The Morgan fingerprint density at radius 3 is 2.04 bits per heavy atom. The summed E-state index contributed by atoms with van der Waals surface area (Å²) in [4.78, 5) is 26.4. The smallest absolute Gasteiger partial charge is 0.338 e. The highest BCUT2D eigenvalue weighted by Gasteiger charge is 2.71. The summed E-state index contributed by atoms with van der Waals surface area (Å²) in [7, 11) is 0. The van der Waals surface area contributed by atoms with Crippen LogP contribution in [0.4, 0.5) is 0 Å².